The lowest BCUT2D eigenvalue weighted by Crippen LogP contribution is -2.20. The molecule has 1 atom stereocenters. The Labute approximate surface area is 210 Å². The molecule has 1 aliphatic heterocycles. The number of benzene rings is 3. The van der Waals surface area contributed by atoms with E-state index in [0.29, 0.717) is 34.6 Å². The number of rotatable bonds is 7. The summed E-state index contributed by atoms with van der Waals surface area (Å²) in [4.78, 5) is 11.3. The lowest BCUT2D eigenvalue weighted by molar-refractivity contribution is -0.143. The van der Waals surface area contributed by atoms with Gasteiger partial charge in [-0.05, 0) is 59.4 Å². The normalized spacial score (nSPS) is 14.1. The molecule has 0 radical (unpaired) electrons. The van der Waals surface area contributed by atoms with Crippen molar-refractivity contribution >= 4 is 18.1 Å². The summed E-state index contributed by atoms with van der Waals surface area (Å²) in [6.45, 7) is 1.65. The topological polar surface area (TPSA) is 76.0 Å². The van der Waals surface area contributed by atoms with E-state index in [2.05, 4.69) is 0 Å². The van der Waals surface area contributed by atoms with Crippen molar-refractivity contribution in [2.75, 3.05) is 19.8 Å². The highest BCUT2D eigenvalue weighted by Gasteiger charge is 2.33. The number of hydrogen-bond acceptors (Lipinski definition) is 4. The average molecular weight is 516 g/mol. The number of halogens is 4. The van der Waals surface area contributed by atoms with E-state index in [0.717, 1.165) is 6.07 Å². The Balaban J connectivity index is 1.71. The molecular formula is C28H24F4O5. The number of aliphatic carboxylic acids is 1. The Bertz CT molecular complexity index is 1350. The van der Waals surface area contributed by atoms with Crippen LogP contribution in [0.5, 0.6) is 11.5 Å². The van der Waals surface area contributed by atoms with Gasteiger partial charge in [-0.2, -0.15) is 13.2 Å². The van der Waals surface area contributed by atoms with Gasteiger partial charge in [0.05, 0.1) is 18.1 Å². The van der Waals surface area contributed by atoms with Gasteiger partial charge in [0.25, 0.3) is 0 Å². The van der Waals surface area contributed by atoms with Crippen LogP contribution < -0.4 is 9.47 Å². The standard InChI is InChI=1S/C28H24F4O5/c1-16-18(3-2-4-21(16)22-8-10-24-26(25(22)29)37-12-11-36-24)6-7-19-13-17(14-20(15-33)27(34)35)5-9-23(19)28(30,31)32/h2-10,13,20,33H,11-12,14-15H2,1H3,(H,34,35). The average Bonchev–Trinajstić information content (AvgIpc) is 2.86. The van der Waals surface area contributed by atoms with Crippen molar-refractivity contribution in [1.82, 2.24) is 0 Å². The highest BCUT2D eigenvalue weighted by atomic mass is 19.4. The van der Waals surface area contributed by atoms with Crippen LogP contribution >= 0.6 is 0 Å². The quantitative estimate of drug-likeness (QED) is 0.298. The minimum atomic E-state index is -4.63. The molecule has 9 heteroatoms. The highest BCUT2D eigenvalue weighted by molar-refractivity contribution is 5.79. The molecule has 0 aromatic heterocycles. The maximum absolute atomic E-state index is 15.2. The summed E-state index contributed by atoms with van der Waals surface area (Å²) >= 11 is 0. The number of ether oxygens (including phenoxy) is 2. The Hall–Kier alpha value is -3.85. The van der Waals surface area contributed by atoms with Crippen LogP contribution in [0.25, 0.3) is 23.3 Å². The fourth-order valence-electron chi connectivity index (χ4n) is 4.24. The van der Waals surface area contributed by atoms with Gasteiger partial charge in [0, 0.05) is 5.56 Å². The van der Waals surface area contributed by atoms with Crippen molar-refractivity contribution in [2.24, 2.45) is 5.92 Å². The second-order valence-electron chi connectivity index (χ2n) is 8.65. The van der Waals surface area contributed by atoms with Crippen molar-refractivity contribution < 1.29 is 42.0 Å². The highest BCUT2D eigenvalue weighted by Crippen LogP contribution is 2.40. The Morgan fingerprint density at radius 1 is 1.03 bits per heavy atom. The van der Waals surface area contributed by atoms with Crippen LogP contribution in [0.15, 0.2) is 48.5 Å². The molecule has 5 nitrogen and oxygen atoms in total. The largest absolute Gasteiger partial charge is 0.486 e. The monoisotopic (exact) mass is 516 g/mol. The van der Waals surface area contributed by atoms with Gasteiger partial charge in [0.15, 0.2) is 17.3 Å². The maximum atomic E-state index is 15.2. The lowest BCUT2D eigenvalue weighted by Gasteiger charge is -2.20. The van der Waals surface area contributed by atoms with Crippen molar-refractivity contribution in [3.63, 3.8) is 0 Å². The molecule has 0 saturated heterocycles. The molecule has 3 aromatic rings. The summed E-state index contributed by atoms with van der Waals surface area (Å²) in [5.41, 5.74) is 1.36. The Morgan fingerprint density at radius 2 is 1.76 bits per heavy atom. The molecular weight excluding hydrogens is 492 g/mol. The molecule has 1 aliphatic rings. The number of aliphatic hydroxyl groups excluding tert-OH is 1. The van der Waals surface area contributed by atoms with Gasteiger partial charge < -0.3 is 19.7 Å². The Morgan fingerprint density at radius 3 is 2.46 bits per heavy atom. The number of fused-ring (bicyclic) bond motifs is 1. The van der Waals surface area contributed by atoms with Gasteiger partial charge in [-0.25, -0.2) is 4.39 Å². The summed E-state index contributed by atoms with van der Waals surface area (Å²) in [6, 6.07) is 11.7. The molecule has 2 N–H and O–H groups in total. The van der Waals surface area contributed by atoms with Crippen molar-refractivity contribution in [1.29, 1.82) is 0 Å². The van der Waals surface area contributed by atoms with E-state index in [1.54, 1.807) is 37.3 Å². The van der Waals surface area contributed by atoms with Gasteiger partial charge in [-0.3, -0.25) is 4.79 Å². The third-order valence-corrected chi connectivity index (χ3v) is 6.23. The number of alkyl halides is 3. The van der Waals surface area contributed by atoms with E-state index in [1.165, 1.54) is 24.3 Å². The zero-order valence-electron chi connectivity index (χ0n) is 19.8. The fraction of sp³-hybridized carbons (Fsp3) is 0.250. The molecule has 1 unspecified atom stereocenters. The number of carboxylic acids is 1. The molecule has 3 aromatic carbocycles. The maximum Gasteiger partial charge on any atom is 0.416 e. The smallest absolute Gasteiger partial charge is 0.416 e. The zero-order chi connectivity index (χ0) is 26.7. The second-order valence-corrected chi connectivity index (χ2v) is 8.65. The molecule has 0 saturated carbocycles. The van der Waals surface area contributed by atoms with Crippen molar-refractivity contribution in [2.45, 2.75) is 19.5 Å². The van der Waals surface area contributed by atoms with Gasteiger partial charge in [0.1, 0.15) is 13.2 Å². The van der Waals surface area contributed by atoms with Crippen LogP contribution in [0.1, 0.15) is 27.8 Å². The van der Waals surface area contributed by atoms with Crippen LogP contribution in [0.2, 0.25) is 0 Å². The van der Waals surface area contributed by atoms with Crippen LogP contribution in [-0.2, 0) is 17.4 Å². The molecule has 4 rings (SSSR count). The molecule has 37 heavy (non-hydrogen) atoms. The van der Waals surface area contributed by atoms with Crippen LogP contribution in [-0.4, -0.2) is 36.0 Å². The van der Waals surface area contributed by atoms with E-state index in [-0.39, 0.29) is 29.9 Å². The SMILES string of the molecule is Cc1c(C=Cc2cc(CC(CO)C(=O)O)ccc2C(F)(F)F)cccc1-c1ccc2c(c1F)OCCO2. The van der Waals surface area contributed by atoms with E-state index in [9.17, 15) is 28.2 Å². The van der Waals surface area contributed by atoms with E-state index >= 15 is 4.39 Å². The molecule has 0 amide bonds. The number of aliphatic hydroxyl groups is 1. The molecule has 0 aliphatic carbocycles. The Kier molecular flexibility index (Phi) is 7.54. The third kappa shape index (κ3) is 5.61. The molecule has 194 valence electrons. The predicted octanol–water partition coefficient (Wildman–Crippen LogP) is 6.00. The number of carboxylic acid groups (broad SMARTS) is 1. The van der Waals surface area contributed by atoms with Crippen LogP contribution in [0.4, 0.5) is 17.6 Å². The fourth-order valence-corrected chi connectivity index (χ4v) is 4.24. The molecule has 1 heterocycles. The molecule has 0 spiro atoms. The summed E-state index contributed by atoms with van der Waals surface area (Å²) < 4.78 is 67.1. The first-order valence-electron chi connectivity index (χ1n) is 11.5. The van der Waals surface area contributed by atoms with Gasteiger partial charge in [-0.15, -0.1) is 0 Å². The lowest BCUT2D eigenvalue weighted by atomic mass is 9.93. The van der Waals surface area contributed by atoms with Gasteiger partial charge in [-0.1, -0.05) is 42.5 Å². The van der Waals surface area contributed by atoms with Crippen molar-refractivity contribution in [3.8, 4) is 22.6 Å². The van der Waals surface area contributed by atoms with E-state index in [4.69, 9.17) is 9.47 Å². The summed E-state index contributed by atoms with van der Waals surface area (Å²) in [6.07, 6.45) is -1.95. The van der Waals surface area contributed by atoms with E-state index in [1.807, 2.05) is 0 Å². The molecule has 0 bridgehead atoms. The first kappa shape index (κ1) is 26.2. The van der Waals surface area contributed by atoms with Gasteiger partial charge >= 0.3 is 12.1 Å². The molecule has 0 fully saturated rings. The van der Waals surface area contributed by atoms with Crippen LogP contribution in [0.3, 0.4) is 0 Å². The first-order valence-corrected chi connectivity index (χ1v) is 11.5. The van der Waals surface area contributed by atoms with Crippen LogP contribution in [0, 0.1) is 18.7 Å². The third-order valence-electron chi connectivity index (χ3n) is 6.23. The van der Waals surface area contributed by atoms with E-state index < -0.39 is 36.1 Å². The minimum absolute atomic E-state index is 0.0262. The summed E-state index contributed by atoms with van der Waals surface area (Å²) in [5.74, 6) is -2.61. The number of hydrogen-bond donors (Lipinski definition) is 2. The second kappa shape index (κ2) is 10.6. The number of carbonyl (C=O) groups is 1. The summed E-state index contributed by atoms with van der Waals surface area (Å²) in [7, 11) is 0. The zero-order valence-corrected chi connectivity index (χ0v) is 19.8. The van der Waals surface area contributed by atoms with Crippen molar-refractivity contribution in [3.05, 3.63) is 82.2 Å². The predicted molar refractivity (Wildman–Crippen MR) is 130 cm³/mol. The first-order chi connectivity index (χ1) is 17.6. The summed E-state index contributed by atoms with van der Waals surface area (Å²) in [5, 5.41) is 18.5. The van der Waals surface area contributed by atoms with Gasteiger partial charge in [0.2, 0.25) is 0 Å². The minimum Gasteiger partial charge on any atom is -0.486 e.